The average Bonchev–Trinajstić information content (AvgIpc) is 3.13. The lowest BCUT2D eigenvalue weighted by atomic mass is 10.1. The topological polar surface area (TPSA) is 62.9 Å². The first-order chi connectivity index (χ1) is 12.1. The lowest BCUT2D eigenvalue weighted by Crippen LogP contribution is -2.31. The molecule has 0 saturated carbocycles. The number of guanidine groups is 1. The van der Waals surface area contributed by atoms with Gasteiger partial charge in [0.25, 0.3) is 0 Å². The van der Waals surface area contributed by atoms with Crippen molar-refractivity contribution in [3.8, 4) is 5.75 Å². The standard InChI is InChI=1S/C18H25ClN4OS.HI/c1-4-23(5-2)16(13-8-9-25-12-13)11-21-18(20)22-14-6-7-17(24-3)15(19)10-14;/h6-10,12,16H,4-5,11H2,1-3H3,(H3,20,21,22);1H. The number of anilines is 1. The van der Waals surface area contributed by atoms with Gasteiger partial charge in [-0.2, -0.15) is 11.3 Å². The Hall–Kier alpha value is -1.03. The second-order valence-electron chi connectivity index (χ2n) is 5.49. The Labute approximate surface area is 181 Å². The minimum Gasteiger partial charge on any atom is -0.495 e. The van der Waals surface area contributed by atoms with E-state index in [1.54, 1.807) is 30.6 Å². The number of halogens is 2. The first-order valence-electron chi connectivity index (χ1n) is 8.25. The Morgan fingerprint density at radius 1 is 1.35 bits per heavy atom. The molecule has 1 atom stereocenters. The van der Waals surface area contributed by atoms with Gasteiger partial charge in [0.1, 0.15) is 5.75 Å². The summed E-state index contributed by atoms with van der Waals surface area (Å²) in [6.45, 7) is 6.85. The minimum absolute atomic E-state index is 0. The van der Waals surface area contributed by atoms with Crippen LogP contribution in [0.5, 0.6) is 5.75 Å². The smallest absolute Gasteiger partial charge is 0.193 e. The zero-order chi connectivity index (χ0) is 18.2. The van der Waals surface area contributed by atoms with Crippen LogP contribution in [0.25, 0.3) is 0 Å². The number of ether oxygens (including phenoxy) is 1. The molecular formula is C18H26ClIN4OS. The first-order valence-corrected chi connectivity index (χ1v) is 9.57. The zero-order valence-electron chi connectivity index (χ0n) is 15.2. The van der Waals surface area contributed by atoms with Crippen molar-refractivity contribution in [1.82, 2.24) is 4.90 Å². The molecule has 0 amide bonds. The number of hydrogen-bond donors (Lipinski definition) is 2. The molecule has 0 bridgehead atoms. The lowest BCUT2D eigenvalue weighted by molar-refractivity contribution is 0.225. The summed E-state index contributed by atoms with van der Waals surface area (Å²) in [5.41, 5.74) is 8.12. The van der Waals surface area contributed by atoms with E-state index in [4.69, 9.17) is 22.1 Å². The Kier molecular flexibility index (Phi) is 10.3. The van der Waals surface area contributed by atoms with Crippen LogP contribution >= 0.6 is 46.9 Å². The van der Waals surface area contributed by atoms with E-state index in [0.29, 0.717) is 23.3 Å². The van der Waals surface area contributed by atoms with Gasteiger partial charge in [-0.05, 0) is 53.7 Å². The summed E-state index contributed by atoms with van der Waals surface area (Å²) in [4.78, 5) is 6.91. The van der Waals surface area contributed by atoms with Crippen molar-refractivity contribution < 1.29 is 4.74 Å². The minimum atomic E-state index is 0. The summed E-state index contributed by atoms with van der Waals surface area (Å²) in [7, 11) is 1.59. The fourth-order valence-electron chi connectivity index (χ4n) is 2.68. The van der Waals surface area contributed by atoms with E-state index in [-0.39, 0.29) is 30.0 Å². The van der Waals surface area contributed by atoms with Gasteiger partial charge in [-0.25, -0.2) is 0 Å². The predicted molar refractivity (Wildman–Crippen MR) is 124 cm³/mol. The molecule has 0 spiro atoms. The van der Waals surface area contributed by atoms with Crippen LogP contribution in [0.15, 0.2) is 40.0 Å². The van der Waals surface area contributed by atoms with Crippen molar-refractivity contribution in [2.24, 2.45) is 10.7 Å². The summed E-state index contributed by atoms with van der Waals surface area (Å²) in [6, 6.07) is 7.79. The largest absolute Gasteiger partial charge is 0.495 e. The molecule has 2 aromatic rings. The number of nitrogens with one attached hydrogen (secondary N) is 1. The van der Waals surface area contributed by atoms with Gasteiger partial charge in [-0.15, -0.1) is 24.0 Å². The second-order valence-corrected chi connectivity index (χ2v) is 6.68. The van der Waals surface area contributed by atoms with Crippen LogP contribution in [-0.4, -0.2) is 37.6 Å². The highest BCUT2D eigenvalue weighted by molar-refractivity contribution is 14.0. The number of benzene rings is 1. The Balaban J connectivity index is 0.00000338. The SMILES string of the molecule is CCN(CC)C(CN=C(N)Nc1ccc(OC)c(Cl)c1)c1ccsc1.I. The van der Waals surface area contributed by atoms with E-state index in [9.17, 15) is 0 Å². The van der Waals surface area contributed by atoms with E-state index in [0.717, 1.165) is 18.8 Å². The van der Waals surface area contributed by atoms with Crippen LogP contribution in [-0.2, 0) is 0 Å². The molecule has 0 saturated heterocycles. The summed E-state index contributed by atoms with van der Waals surface area (Å²) >= 11 is 7.84. The molecule has 0 aliphatic heterocycles. The molecule has 0 fully saturated rings. The van der Waals surface area contributed by atoms with Gasteiger partial charge in [0.15, 0.2) is 5.96 Å². The van der Waals surface area contributed by atoms with Gasteiger partial charge in [-0.3, -0.25) is 9.89 Å². The third kappa shape index (κ3) is 6.29. The van der Waals surface area contributed by atoms with E-state index >= 15 is 0 Å². The summed E-state index contributed by atoms with van der Waals surface area (Å²) in [5, 5.41) is 7.87. The number of rotatable bonds is 8. The van der Waals surface area contributed by atoms with Crippen molar-refractivity contribution in [3.63, 3.8) is 0 Å². The van der Waals surface area contributed by atoms with Crippen LogP contribution < -0.4 is 15.8 Å². The van der Waals surface area contributed by atoms with Gasteiger partial charge in [0.2, 0.25) is 0 Å². The van der Waals surface area contributed by atoms with Gasteiger partial charge < -0.3 is 15.8 Å². The van der Waals surface area contributed by atoms with Gasteiger partial charge in [0.05, 0.1) is 24.7 Å². The second kappa shape index (κ2) is 11.6. The lowest BCUT2D eigenvalue weighted by Gasteiger charge is -2.28. The Morgan fingerprint density at radius 2 is 2.08 bits per heavy atom. The van der Waals surface area contributed by atoms with E-state index in [1.165, 1.54) is 5.56 Å². The third-order valence-corrected chi connectivity index (χ3v) is 5.04. The maximum Gasteiger partial charge on any atom is 0.193 e. The van der Waals surface area contributed by atoms with E-state index < -0.39 is 0 Å². The molecule has 1 aromatic carbocycles. The van der Waals surface area contributed by atoms with Crippen LogP contribution in [0.4, 0.5) is 5.69 Å². The normalized spacial score (nSPS) is 12.6. The molecular weight excluding hydrogens is 483 g/mol. The fraction of sp³-hybridized carbons (Fsp3) is 0.389. The number of thiophene rings is 1. The maximum atomic E-state index is 6.14. The summed E-state index contributed by atoms with van der Waals surface area (Å²) < 4.78 is 5.15. The number of nitrogens with two attached hydrogens (primary N) is 1. The first kappa shape index (κ1) is 23.0. The molecule has 1 heterocycles. The quantitative estimate of drug-likeness (QED) is 0.304. The average molecular weight is 509 g/mol. The highest BCUT2D eigenvalue weighted by atomic mass is 127. The van der Waals surface area contributed by atoms with Crippen molar-refractivity contribution in [1.29, 1.82) is 0 Å². The van der Waals surface area contributed by atoms with E-state index in [2.05, 4.69) is 45.9 Å². The summed E-state index contributed by atoms with van der Waals surface area (Å²) in [5.74, 6) is 0.996. The maximum absolute atomic E-state index is 6.14. The molecule has 0 aliphatic rings. The molecule has 2 rings (SSSR count). The predicted octanol–water partition coefficient (Wildman–Crippen LogP) is 4.84. The highest BCUT2D eigenvalue weighted by Crippen LogP contribution is 2.27. The van der Waals surface area contributed by atoms with Crippen LogP contribution in [0.3, 0.4) is 0 Å². The zero-order valence-corrected chi connectivity index (χ0v) is 19.1. The van der Waals surface area contributed by atoms with Gasteiger partial charge in [-0.1, -0.05) is 25.4 Å². The molecule has 3 N–H and O–H groups in total. The van der Waals surface area contributed by atoms with Crippen LogP contribution in [0, 0.1) is 0 Å². The molecule has 26 heavy (non-hydrogen) atoms. The number of likely N-dealkylation sites (N-methyl/N-ethyl adjacent to an activating group) is 1. The molecule has 1 unspecified atom stereocenters. The van der Waals surface area contributed by atoms with Crippen molar-refractivity contribution >= 4 is 58.6 Å². The van der Waals surface area contributed by atoms with E-state index in [1.807, 2.05) is 6.07 Å². The van der Waals surface area contributed by atoms with Gasteiger partial charge in [0, 0.05) is 5.69 Å². The molecule has 0 radical (unpaired) electrons. The Bertz CT molecular complexity index is 693. The molecule has 8 heteroatoms. The monoisotopic (exact) mass is 508 g/mol. The molecule has 5 nitrogen and oxygen atoms in total. The number of methoxy groups -OCH3 is 1. The highest BCUT2D eigenvalue weighted by Gasteiger charge is 2.18. The number of nitrogens with zero attached hydrogens (tertiary/aromatic N) is 2. The van der Waals surface area contributed by atoms with Crippen LogP contribution in [0.2, 0.25) is 5.02 Å². The van der Waals surface area contributed by atoms with Crippen LogP contribution in [0.1, 0.15) is 25.5 Å². The fourth-order valence-corrected chi connectivity index (χ4v) is 3.64. The Morgan fingerprint density at radius 3 is 2.62 bits per heavy atom. The van der Waals surface area contributed by atoms with Crippen molar-refractivity contribution in [2.75, 3.05) is 32.1 Å². The van der Waals surface area contributed by atoms with Crippen molar-refractivity contribution in [2.45, 2.75) is 19.9 Å². The van der Waals surface area contributed by atoms with Gasteiger partial charge >= 0.3 is 0 Å². The molecule has 144 valence electrons. The third-order valence-electron chi connectivity index (χ3n) is 4.04. The summed E-state index contributed by atoms with van der Waals surface area (Å²) in [6.07, 6.45) is 0. The number of hydrogen-bond acceptors (Lipinski definition) is 4. The van der Waals surface area contributed by atoms with Crippen molar-refractivity contribution in [3.05, 3.63) is 45.6 Å². The molecule has 0 aliphatic carbocycles. The number of aliphatic imine (C=N–C) groups is 1. The molecule has 1 aromatic heterocycles.